The Morgan fingerprint density at radius 3 is 2.53 bits per heavy atom. The largest absolute Gasteiger partial charge is 0.279 e. The van der Waals surface area contributed by atoms with Crippen LogP contribution in [0.3, 0.4) is 0 Å². The van der Waals surface area contributed by atoms with Crippen molar-refractivity contribution in [2.24, 2.45) is 0 Å². The third-order valence-electron chi connectivity index (χ3n) is 2.89. The van der Waals surface area contributed by atoms with E-state index in [1.807, 2.05) is 45.0 Å². The molecule has 0 spiro atoms. The molecule has 19 heavy (non-hydrogen) atoms. The van der Waals surface area contributed by atoms with Crippen LogP contribution < -0.4 is 4.72 Å². The molecule has 0 aliphatic carbocycles. The first-order chi connectivity index (χ1) is 8.92. The number of aryl methyl sites for hydroxylation is 3. The van der Waals surface area contributed by atoms with E-state index in [2.05, 4.69) is 4.72 Å². The Kier molecular flexibility index (Phi) is 3.96. The predicted octanol–water partition coefficient (Wildman–Crippen LogP) is 3.73. The van der Waals surface area contributed by atoms with Crippen molar-refractivity contribution in [3.05, 3.63) is 46.3 Å². The molecule has 102 valence electrons. The normalized spacial score (nSPS) is 11.5. The first-order valence-electron chi connectivity index (χ1n) is 6.11. The first-order valence-corrected chi connectivity index (χ1v) is 8.41. The molecule has 3 nitrogen and oxygen atoms in total. The minimum atomic E-state index is -3.47. The van der Waals surface area contributed by atoms with Crippen molar-refractivity contribution < 1.29 is 8.42 Å². The summed E-state index contributed by atoms with van der Waals surface area (Å²) in [5.74, 6) is 0. The van der Waals surface area contributed by atoms with Crippen molar-refractivity contribution in [1.29, 1.82) is 0 Å². The van der Waals surface area contributed by atoms with E-state index < -0.39 is 10.0 Å². The highest BCUT2D eigenvalue weighted by Crippen LogP contribution is 2.26. The molecule has 0 radical (unpaired) electrons. The Morgan fingerprint density at radius 2 is 1.89 bits per heavy atom. The molecule has 0 aliphatic heterocycles. The third-order valence-corrected chi connectivity index (χ3v) is 5.97. The molecule has 2 aromatic rings. The number of benzene rings is 1. The van der Waals surface area contributed by atoms with Crippen LogP contribution in [-0.4, -0.2) is 8.42 Å². The summed E-state index contributed by atoms with van der Waals surface area (Å²) in [6.07, 6.45) is 0.851. The van der Waals surface area contributed by atoms with Crippen molar-refractivity contribution in [1.82, 2.24) is 0 Å². The van der Waals surface area contributed by atoms with Gasteiger partial charge in [0, 0.05) is 4.88 Å². The molecule has 1 heterocycles. The van der Waals surface area contributed by atoms with Gasteiger partial charge in [-0.1, -0.05) is 19.1 Å². The molecule has 0 atom stereocenters. The second kappa shape index (κ2) is 5.35. The minimum absolute atomic E-state index is 0.366. The van der Waals surface area contributed by atoms with Crippen molar-refractivity contribution in [3.8, 4) is 0 Å². The van der Waals surface area contributed by atoms with Gasteiger partial charge in [0.2, 0.25) is 0 Å². The molecule has 1 aromatic carbocycles. The number of rotatable bonds is 4. The van der Waals surface area contributed by atoms with Gasteiger partial charge in [-0.2, -0.15) is 0 Å². The summed E-state index contributed by atoms with van der Waals surface area (Å²) >= 11 is 1.32. The summed E-state index contributed by atoms with van der Waals surface area (Å²) in [5.41, 5.74) is 2.59. The maximum atomic E-state index is 12.3. The first kappa shape index (κ1) is 14.1. The van der Waals surface area contributed by atoms with Gasteiger partial charge < -0.3 is 0 Å². The minimum Gasteiger partial charge on any atom is -0.279 e. The second-order valence-corrected chi connectivity index (χ2v) is 7.58. The molecule has 0 aliphatic rings. The fourth-order valence-electron chi connectivity index (χ4n) is 1.73. The standard InChI is InChI=1S/C14H17NO2S2/c1-4-12-7-8-14(18-12)19(16,17)15-13-9-10(2)5-6-11(13)3/h5-9,15H,4H2,1-3H3. The Labute approximate surface area is 118 Å². The van der Waals surface area contributed by atoms with Crippen molar-refractivity contribution in [3.63, 3.8) is 0 Å². The molecule has 2 rings (SSSR count). The zero-order chi connectivity index (χ0) is 14.0. The van der Waals surface area contributed by atoms with Crippen LogP contribution in [0.5, 0.6) is 0 Å². The number of sulfonamides is 1. The van der Waals surface area contributed by atoms with Gasteiger partial charge in [-0.3, -0.25) is 4.72 Å². The fraction of sp³-hybridized carbons (Fsp3) is 0.286. The van der Waals surface area contributed by atoms with Gasteiger partial charge in [0.1, 0.15) is 4.21 Å². The lowest BCUT2D eigenvalue weighted by Gasteiger charge is -2.10. The highest BCUT2D eigenvalue weighted by atomic mass is 32.2. The van der Waals surface area contributed by atoms with E-state index in [-0.39, 0.29) is 0 Å². The molecular formula is C14H17NO2S2. The van der Waals surface area contributed by atoms with Gasteiger partial charge in [0.25, 0.3) is 10.0 Å². The summed E-state index contributed by atoms with van der Waals surface area (Å²) in [7, 11) is -3.47. The maximum Gasteiger partial charge on any atom is 0.271 e. The molecule has 0 bridgehead atoms. The molecule has 1 N–H and O–H groups in total. The van der Waals surface area contributed by atoms with E-state index in [4.69, 9.17) is 0 Å². The van der Waals surface area contributed by atoms with E-state index in [9.17, 15) is 8.42 Å². The van der Waals surface area contributed by atoms with Crippen LogP contribution in [0.2, 0.25) is 0 Å². The molecule has 0 amide bonds. The van der Waals surface area contributed by atoms with E-state index in [0.717, 1.165) is 22.4 Å². The highest BCUT2D eigenvalue weighted by molar-refractivity contribution is 7.94. The lowest BCUT2D eigenvalue weighted by atomic mass is 10.1. The van der Waals surface area contributed by atoms with Gasteiger partial charge in [-0.25, -0.2) is 8.42 Å². The molecule has 0 saturated carbocycles. The molecule has 1 aromatic heterocycles. The summed E-state index contributed by atoms with van der Waals surface area (Å²) in [4.78, 5) is 1.07. The van der Waals surface area contributed by atoms with Crippen LogP contribution in [-0.2, 0) is 16.4 Å². The van der Waals surface area contributed by atoms with Gasteiger partial charge >= 0.3 is 0 Å². The zero-order valence-corrected chi connectivity index (χ0v) is 12.9. The predicted molar refractivity (Wildman–Crippen MR) is 80.4 cm³/mol. The van der Waals surface area contributed by atoms with E-state index >= 15 is 0 Å². The molecule has 0 saturated heterocycles. The number of hydrogen-bond donors (Lipinski definition) is 1. The van der Waals surface area contributed by atoms with Crippen LogP contribution in [0.15, 0.2) is 34.5 Å². The molecule has 0 fully saturated rings. The van der Waals surface area contributed by atoms with Crippen LogP contribution in [0.1, 0.15) is 22.9 Å². The monoisotopic (exact) mass is 295 g/mol. The quantitative estimate of drug-likeness (QED) is 0.934. The van der Waals surface area contributed by atoms with E-state index in [1.54, 1.807) is 6.07 Å². The SMILES string of the molecule is CCc1ccc(S(=O)(=O)Nc2cc(C)ccc2C)s1. The van der Waals surface area contributed by atoms with Crippen LogP contribution in [0.25, 0.3) is 0 Å². The summed E-state index contributed by atoms with van der Waals surface area (Å²) in [5, 5.41) is 0. The Morgan fingerprint density at radius 1 is 1.16 bits per heavy atom. The van der Waals surface area contributed by atoms with Crippen LogP contribution in [0, 0.1) is 13.8 Å². The van der Waals surface area contributed by atoms with Crippen molar-refractivity contribution in [2.45, 2.75) is 31.4 Å². The second-order valence-electron chi connectivity index (χ2n) is 4.50. The van der Waals surface area contributed by atoms with Gasteiger partial charge in [-0.05, 0) is 49.6 Å². The molecule has 5 heteroatoms. The Bertz CT molecular complexity index is 687. The molecular weight excluding hydrogens is 278 g/mol. The smallest absolute Gasteiger partial charge is 0.271 e. The maximum absolute atomic E-state index is 12.3. The summed E-state index contributed by atoms with van der Waals surface area (Å²) in [6, 6.07) is 9.26. The average Bonchev–Trinajstić information content (AvgIpc) is 2.83. The van der Waals surface area contributed by atoms with Gasteiger partial charge in [0.15, 0.2) is 0 Å². The Hall–Kier alpha value is -1.33. The van der Waals surface area contributed by atoms with Crippen molar-refractivity contribution >= 4 is 27.0 Å². The Balaban J connectivity index is 2.33. The van der Waals surface area contributed by atoms with Gasteiger partial charge in [0.05, 0.1) is 5.69 Å². The number of hydrogen-bond acceptors (Lipinski definition) is 3. The highest BCUT2D eigenvalue weighted by Gasteiger charge is 2.17. The summed E-state index contributed by atoms with van der Waals surface area (Å²) < 4.78 is 27.6. The van der Waals surface area contributed by atoms with Gasteiger partial charge in [-0.15, -0.1) is 11.3 Å². The van der Waals surface area contributed by atoms with E-state index in [0.29, 0.717) is 9.90 Å². The van der Waals surface area contributed by atoms with Crippen LogP contribution in [0.4, 0.5) is 5.69 Å². The lowest BCUT2D eigenvalue weighted by Crippen LogP contribution is -2.12. The number of nitrogens with one attached hydrogen (secondary N) is 1. The number of thiophene rings is 1. The van der Waals surface area contributed by atoms with Crippen LogP contribution >= 0.6 is 11.3 Å². The summed E-state index contributed by atoms with van der Waals surface area (Å²) in [6.45, 7) is 5.85. The number of anilines is 1. The molecule has 0 unspecified atom stereocenters. The fourth-order valence-corrected chi connectivity index (χ4v) is 4.15. The third kappa shape index (κ3) is 3.16. The van der Waals surface area contributed by atoms with Crippen molar-refractivity contribution in [2.75, 3.05) is 4.72 Å². The lowest BCUT2D eigenvalue weighted by molar-refractivity contribution is 0.603. The average molecular weight is 295 g/mol. The van der Waals surface area contributed by atoms with E-state index in [1.165, 1.54) is 11.3 Å². The topological polar surface area (TPSA) is 46.2 Å². The zero-order valence-electron chi connectivity index (χ0n) is 11.2.